The Labute approximate surface area is 212 Å². The monoisotopic (exact) mass is 511 g/mol. The second kappa shape index (κ2) is 11.4. The number of aliphatic carboxylic acids is 1. The van der Waals surface area contributed by atoms with Gasteiger partial charge in [-0.05, 0) is 42.2 Å². The van der Waals surface area contributed by atoms with Crippen molar-refractivity contribution in [2.75, 3.05) is 13.1 Å². The quantitative estimate of drug-likeness (QED) is 0.401. The van der Waals surface area contributed by atoms with E-state index in [1.54, 1.807) is 36.4 Å². The van der Waals surface area contributed by atoms with Gasteiger partial charge in [-0.2, -0.15) is 0 Å². The van der Waals surface area contributed by atoms with Gasteiger partial charge in [0.05, 0.1) is 6.10 Å². The number of amides is 2. The Kier molecular flexibility index (Phi) is 8.02. The number of carboxylic acids is 1. The first-order valence-corrected chi connectivity index (χ1v) is 12.0. The van der Waals surface area contributed by atoms with Gasteiger partial charge in [0, 0.05) is 36.5 Å². The van der Waals surface area contributed by atoms with Crippen LogP contribution in [0.5, 0.6) is 0 Å². The molecular formula is C26H26ClN3O6. The molecule has 0 saturated carbocycles. The molecule has 0 radical (unpaired) electrons. The first kappa shape index (κ1) is 25.4. The van der Waals surface area contributed by atoms with Crippen LogP contribution in [0.25, 0.3) is 0 Å². The average Bonchev–Trinajstić information content (AvgIpc) is 3.50. The number of carboxylic acid groups (broad SMARTS) is 1. The minimum atomic E-state index is -0.953. The number of nitrogens with one attached hydrogen (secondary N) is 1. The Balaban J connectivity index is 1.43. The third-order valence-electron chi connectivity index (χ3n) is 6.05. The number of halogens is 1. The third-order valence-corrected chi connectivity index (χ3v) is 6.30. The van der Waals surface area contributed by atoms with Crippen LogP contribution < -0.4 is 5.32 Å². The molecule has 3 N–H and O–H groups in total. The Morgan fingerprint density at radius 2 is 1.86 bits per heavy atom. The minimum absolute atomic E-state index is 0.0712. The molecule has 1 fully saturated rings. The molecule has 4 rings (SSSR count). The summed E-state index contributed by atoms with van der Waals surface area (Å²) in [5.41, 5.74) is 2.08. The van der Waals surface area contributed by atoms with Crippen molar-refractivity contribution in [1.29, 1.82) is 0 Å². The summed E-state index contributed by atoms with van der Waals surface area (Å²) in [7, 11) is 0. The van der Waals surface area contributed by atoms with Crippen molar-refractivity contribution in [2.45, 2.75) is 37.8 Å². The zero-order valence-corrected chi connectivity index (χ0v) is 20.1. The molecule has 1 aliphatic heterocycles. The normalized spacial score (nSPS) is 17.2. The average molecular weight is 512 g/mol. The van der Waals surface area contributed by atoms with Gasteiger partial charge >= 0.3 is 5.97 Å². The van der Waals surface area contributed by atoms with Gasteiger partial charge in [-0.15, -0.1) is 0 Å². The van der Waals surface area contributed by atoms with E-state index in [2.05, 4.69) is 10.3 Å². The maximum atomic E-state index is 13.4. The molecule has 1 saturated heterocycles. The van der Waals surface area contributed by atoms with Crippen LogP contribution in [0.15, 0.2) is 59.2 Å². The third kappa shape index (κ3) is 6.10. The fraction of sp³-hybridized carbons (Fsp3) is 0.308. The van der Waals surface area contributed by atoms with Crippen molar-refractivity contribution < 1.29 is 29.0 Å². The van der Waals surface area contributed by atoms with E-state index in [-0.39, 0.29) is 43.3 Å². The van der Waals surface area contributed by atoms with Crippen molar-refractivity contribution in [3.8, 4) is 0 Å². The molecule has 0 unspecified atom stereocenters. The Bertz CT molecular complexity index is 1240. The SMILES string of the molecule is O=C(O)CCc1ccccc1C(=O)N1C[C@@H](O)C[C@H]1c1nc(C(=O)NCCc2ccc(Cl)cc2)co1. The highest BCUT2D eigenvalue weighted by molar-refractivity contribution is 6.30. The van der Waals surface area contributed by atoms with Gasteiger partial charge in [-0.25, -0.2) is 4.98 Å². The van der Waals surface area contributed by atoms with Gasteiger partial charge in [0.15, 0.2) is 5.69 Å². The minimum Gasteiger partial charge on any atom is -0.481 e. The smallest absolute Gasteiger partial charge is 0.303 e. The summed E-state index contributed by atoms with van der Waals surface area (Å²) >= 11 is 5.89. The van der Waals surface area contributed by atoms with Gasteiger partial charge in [-0.1, -0.05) is 41.9 Å². The molecule has 1 aliphatic rings. The van der Waals surface area contributed by atoms with Gasteiger partial charge in [-0.3, -0.25) is 14.4 Å². The molecule has 2 aromatic carbocycles. The van der Waals surface area contributed by atoms with E-state index < -0.39 is 24.0 Å². The molecule has 2 atom stereocenters. The molecule has 2 heterocycles. The number of hydrogen-bond donors (Lipinski definition) is 3. The van der Waals surface area contributed by atoms with E-state index in [9.17, 15) is 19.5 Å². The number of hydrogen-bond acceptors (Lipinski definition) is 6. The van der Waals surface area contributed by atoms with Crippen LogP contribution in [0.1, 0.15) is 56.7 Å². The largest absolute Gasteiger partial charge is 0.481 e. The zero-order valence-electron chi connectivity index (χ0n) is 19.4. The van der Waals surface area contributed by atoms with Gasteiger partial charge in [0.2, 0.25) is 5.89 Å². The maximum Gasteiger partial charge on any atom is 0.303 e. The predicted octanol–water partition coefficient (Wildman–Crippen LogP) is 3.27. The first-order valence-electron chi connectivity index (χ1n) is 11.6. The molecule has 1 aromatic heterocycles. The van der Waals surface area contributed by atoms with Crippen LogP contribution in [0.4, 0.5) is 0 Å². The molecule has 2 amide bonds. The molecule has 188 valence electrons. The number of carbonyl (C=O) groups is 3. The molecule has 10 heteroatoms. The van der Waals surface area contributed by atoms with E-state index in [1.807, 2.05) is 12.1 Å². The summed E-state index contributed by atoms with van der Waals surface area (Å²) < 4.78 is 5.55. The molecular weight excluding hydrogens is 486 g/mol. The molecule has 9 nitrogen and oxygen atoms in total. The van der Waals surface area contributed by atoms with Crippen molar-refractivity contribution in [3.63, 3.8) is 0 Å². The van der Waals surface area contributed by atoms with Crippen LogP contribution >= 0.6 is 11.6 Å². The fourth-order valence-corrected chi connectivity index (χ4v) is 4.35. The van der Waals surface area contributed by atoms with Crippen LogP contribution in [0, 0.1) is 0 Å². The number of aromatic nitrogens is 1. The highest BCUT2D eigenvalue weighted by Crippen LogP contribution is 2.33. The topological polar surface area (TPSA) is 133 Å². The summed E-state index contributed by atoms with van der Waals surface area (Å²) in [5, 5.41) is 22.8. The number of aliphatic hydroxyl groups excluding tert-OH is 1. The molecule has 0 aliphatic carbocycles. The van der Waals surface area contributed by atoms with Gasteiger partial charge in [0.1, 0.15) is 12.3 Å². The van der Waals surface area contributed by atoms with E-state index >= 15 is 0 Å². The lowest BCUT2D eigenvalue weighted by molar-refractivity contribution is -0.136. The van der Waals surface area contributed by atoms with Crippen molar-refractivity contribution in [3.05, 3.63) is 88.1 Å². The zero-order chi connectivity index (χ0) is 25.7. The molecule has 3 aromatic rings. The second-order valence-electron chi connectivity index (χ2n) is 8.62. The summed E-state index contributed by atoms with van der Waals surface area (Å²) in [6.45, 7) is 0.463. The predicted molar refractivity (Wildman–Crippen MR) is 131 cm³/mol. The number of nitrogens with zero attached hydrogens (tertiary/aromatic N) is 2. The highest BCUT2D eigenvalue weighted by Gasteiger charge is 2.39. The summed E-state index contributed by atoms with van der Waals surface area (Å²) in [4.78, 5) is 42.7. The van der Waals surface area contributed by atoms with Crippen molar-refractivity contribution >= 4 is 29.4 Å². The maximum absolute atomic E-state index is 13.4. The molecule has 0 spiro atoms. The summed E-state index contributed by atoms with van der Waals surface area (Å²) in [6, 6.07) is 13.5. The number of benzene rings is 2. The number of aryl methyl sites for hydroxylation is 1. The highest BCUT2D eigenvalue weighted by atomic mass is 35.5. The number of aliphatic hydroxyl groups is 1. The summed E-state index contributed by atoms with van der Waals surface area (Å²) in [6.07, 6.45) is 1.38. The Morgan fingerprint density at radius 1 is 1.11 bits per heavy atom. The molecule has 0 bridgehead atoms. The standard InChI is InChI=1S/C26H26ClN3O6/c27-18-8-5-16(6-9-18)11-12-28-24(34)21-15-36-25(29-21)22-13-19(31)14-30(22)26(35)20-4-2-1-3-17(20)7-10-23(32)33/h1-6,8-9,15,19,22,31H,7,10-14H2,(H,28,34)(H,32,33)/t19-,22-/m0/s1. The lowest BCUT2D eigenvalue weighted by Crippen LogP contribution is -2.32. The number of β-amino-alcohol motifs (C(OH)–C–C–N with tert-alkyl or cyclic N) is 1. The second-order valence-corrected chi connectivity index (χ2v) is 9.05. The van der Waals surface area contributed by atoms with Gasteiger partial charge in [0.25, 0.3) is 11.8 Å². The fourth-order valence-electron chi connectivity index (χ4n) is 4.22. The van der Waals surface area contributed by atoms with Crippen molar-refractivity contribution in [2.24, 2.45) is 0 Å². The number of rotatable bonds is 9. The number of likely N-dealkylation sites (tertiary alicyclic amines) is 1. The van der Waals surface area contributed by atoms with Crippen molar-refractivity contribution in [1.82, 2.24) is 15.2 Å². The number of carbonyl (C=O) groups excluding carboxylic acids is 2. The van der Waals surface area contributed by atoms with Crippen LogP contribution in [-0.4, -0.2) is 57.1 Å². The Hall–Kier alpha value is -3.69. The van der Waals surface area contributed by atoms with Gasteiger partial charge < -0.3 is 24.8 Å². The van der Waals surface area contributed by atoms with E-state index in [0.29, 0.717) is 29.1 Å². The van der Waals surface area contributed by atoms with E-state index in [1.165, 1.54) is 11.2 Å². The van der Waals surface area contributed by atoms with Crippen LogP contribution in [-0.2, 0) is 17.6 Å². The first-order chi connectivity index (χ1) is 17.3. The lowest BCUT2D eigenvalue weighted by Gasteiger charge is -2.23. The molecule has 36 heavy (non-hydrogen) atoms. The van der Waals surface area contributed by atoms with E-state index in [0.717, 1.165) is 5.56 Å². The van der Waals surface area contributed by atoms with Crippen LogP contribution in [0.2, 0.25) is 5.02 Å². The van der Waals surface area contributed by atoms with E-state index in [4.69, 9.17) is 21.1 Å². The lowest BCUT2D eigenvalue weighted by atomic mass is 10.0. The number of oxazole rings is 1. The Morgan fingerprint density at radius 3 is 2.61 bits per heavy atom. The summed E-state index contributed by atoms with van der Waals surface area (Å²) in [5.74, 6) is -1.56. The van der Waals surface area contributed by atoms with Crippen LogP contribution in [0.3, 0.4) is 0 Å².